The van der Waals surface area contributed by atoms with Crippen molar-refractivity contribution in [1.82, 2.24) is 5.32 Å². The Morgan fingerprint density at radius 3 is 2.50 bits per heavy atom. The maximum Gasteiger partial charge on any atom is 0.325 e. The first kappa shape index (κ1) is 20.3. The molecule has 0 spiro atoms. The number of halogens is 2. The first-order valence-corrected chi connectivity index (χ1v) is 10.0. The molecule has 2 aromatic rings. The van der Waals surface area contributed by atoms with Gasteiger partial charge < -0.3 is 15.8 Å². The normalized spacial score (nSPS) is 13.2. The van der Waals surface area contributed by atoms with Gasteiger partial charge in [-0.2, -0.15) is 5.26 Å². The molecule has 1 aliphatic carbocycles. The fourth-order valence-corrected chi connectivity index (χ4v) is 4.22. The number of imide groups is 1. The monoisotopic (exact) mass is 506 g/mol. The van der Waals surface area contributed by atoms with Gasteiger partial charge in [-0.15, -0.1) is 0 Å². The number of anilines is 1. The maximum atomic E-state index is 11.9. The summed E-state index contributed by atoms with van der Waals surface area (Å²) in [7, 11) is 0. The van der Waals surface area contributed by atoms with Crippen LogP contribution in [0.1, 0.15) is 17.5 Å². The number of aryl methyl sites for hydroxylation is 2. The van der Waals surface area contributed by atoms with Crippen LogP contribution in [-0.4, -0.2) is 18.0 Å². The predicted octanol–water partition coefficient (Wildman–Crippen LogP) is 3.99. The van der Waals surface area contributed by atoms with Gasteiger partial charge in [0.15, 0.2) is 11.8 Å². The highest BCUT2D eigenvalue weighted by Crippen LogP contribution is 2.40. The van der Waals surface area contributed by atoms with Crippen molar-refractivity contribution in [3.63, 3.8) is 0 Å². The van der Waals surface area contributed by atoms with E-state index in [0.717, 1.165) is 25.0 Å². The molecule has 0 aromatic heterocycles. The fourth-order valence-electron chi connectivity index (χ4n) is 2.87. The van der Waals surface area contributed by atoms with Crippen LogP contribution in [0.2, 0.25) is 0 Å². The molecule has 1 atom stereocenters. The molecule has 7 nitrogen and oxygen atoms in total. The van der Waals surface area contributed by atoms with Gasteiger partial charge in [-0.25, -0.2) is 4.79 Å². The zero-order valence-corrected chi connectivity index (χ0v) is 17.8. The van der Waals surface area contributed by atoms with Gasteiger partial charge in [-0.3, -0.25) is 10.1 Å². The Balaban J connectivity index is 1.71. The Morgan fingerprint density at radius 1 is 1.14 bits per heavy atom. The van der Waals surface area contributed by atoms with Crippen molar-refractivity contribution in [2.75, 3.05) is 5.32 Å². The predicted molar refractivity (Wildman–Crippen MR) is 111 cm³/mol. The molecular formula is C19H16Br2N4O3. The van der Waals surface area contributed by atoms with E-state index in [9.17, 15) is 9.59 Å². The van der Waals surface area contributed by atoms with E-state index in [2.05, 4.69) is 43.2 Å². The van der Waals surface area contributed by atoms with E-state index in [1.807, 2.05) is 17.4 Å². The molecule has 4 N–H and O–H groups in total. The number of hydrogen-bond acceptors (Lipinski definition) is 5. The van der Waals surface area contributed by atoms with Gasteiger partial charge in [0, 0.05) is 5.69 Å². The van der Waals surface area contributed by atoms with Gasteiger partial charge in [0.05, 0.1) is 15.0 Å². The molecule has 9 heteroatoms. The molecule has 144 valence electrons. The molecule has 3 amide bonds. The van der Waals surface area contributed by atoms with Crippen LogP contribution in [0, 0.1) is 11.3 Å². The lowest BCUT2D eigenvalue weighted by molar-refractivity contribution is -0.120. The third-order valence-corrected chi connectivity index (χ3v) is 5.38. The SMILES string of the molecule is N#CC(N)C(=O)NC(=O)Nc1cc(Br)c(Oc2ccc3c(c2)CCC3)c(Br)c1. The van der Waals surface area contributed by atoms with Crippen LogP contribution in [0.15, 0.2) is 39.3 Å². The van der Waals surface area contributed by atoms with Crippen molar-refractivity contribution < 1.29 is 14.3 Å². The van der Waals surface area contributed by atoms with Crippen molar-refractivity contribution in [2.45, 2.75) is 25.3 Å². The molecule has 0 saturated carbocycles. The molecule has 0 aliphatic heterocycles. The zero-order valence-electron chi connectivity index (χ0n) is 14.6. The van der Waals surface area contributed by atoms with Crippen molar-refractivity contribution in [2.24, 2.45) is 5.73 Å². The number of nitriles is 1. The molecule has 0 saturated heterocycles. The number of carbonyl (C=O) groups excluding carboxylic acids is 2. The van der Waals surface area contributed by atoms with Crippen LogP contribution in [0.3, 0.4) is 0 Å². The van der Waals surface area contributed by atoms with E-state index in [1.54, 1.807) is 18.2 Å². The topological polar surface area (TPSA) is 117 Å². The van der Waals surface area contributed by atoms with Crippen LogP contribution in [0.5, 0.6) is 11.5 Å². The minimum atomic E-state index is -1.41. The van der Waals surface area contributed by atoms with Gasteiger partial charge in [-0.05, 0) is 86.5 Å². The number of nitrogens with zero attached hydrogens (tertiary/aromatic N) is 1. The number of amides is 3. The number of rotatable bonds is 4. The molecule has 0 fully saturated rings. The van der Waals surface area contributed by atoms with Crippen molar-refractivity contribution >= 4 is 49.5 Å². The Labute approximate surface area is 178 Å². The lowest BCUT2D eigenvalue weighted by Gasteiger charge is -2.14. The molecule has 1 aliphatic rings. The Bertz CT molecular complexity index is 965. The molecule has 3 rings (SSSR count). The maximum absolute atomic E-state index is 11.9. The summed E-state index contributed by atoms with van der Waals surface area (Å²) in [4.78, 5) is 23.4. The second-order valence-corrected chi connectivity index (χ2v) is 7.91. The van der Waals surface area contributed by atoms with Crippen molar-refractivity contribution in [3.05, 3.63) is 50.4 Å². The van der Waals surface area contributed by atoms with E-state index < -0.39 is 18.0 Å². The van der Waals surface area contributed by atoms with Crippen LogP contribution < -0.4 is 21.1 Å². The van der Waals surface area contributed by atoms with E-state index in [1.165, 1.54) is 11.1 Å². The van der Waals surface area contributed by atoms with Gasteiger partial charge >= 0.3 is 6.03 Å². The summed E-state index contributed by atoms with van der Waals surface area (Å²) in [6.45, 7) is 0. The third-order valence-electron chi connectivity index (χ3n) is 4.20. The summed E-state index contributed by atoms with van der Waals surface area (Å²) in [6.07, 6.45) is 3.32. The minimum Gasteiger partial charge on any atom is -0.455 e. The highest BCUT2D eigenvalue weighted by Gasteiger charge is 2.17. The average molecular weight is 508 g/mol. The first-order valence-electron chi connectivity index (χ1n) is 8.43. The Morgan fingerprint density at radius 2 is 1.82 bits per heavy atom. The number of urea groups is 1. The number of hydrogen-bond donors (Lipinski definition) is 3. The summed E-state index contributed by atoms with van der Waals surface area (Å²) in [5.41, 5.74) is 8.33. The minimum absolute atomic E-state index is 0.413. The van der Waals surface area contributed by atoms with E-state index in [-0.39, 0.29) is 0 Å². The highest BCUT2D eigenvalue weighted by atomic mass is 79.9. The van der Waals surface area contributed by atoms with Crippen molar-refractivity contribution in [3.8, 4) is 17.6 Å². The second-order valence-electron chi connectivity index (χ2n) is 6.21. The summed E-state index contributed by atoms with van der Waals surface area (Å²) in [5, 5.41) is 13.1. The quantitative estimate of drug-likeness (QED) is 0.578. The largest absolute Gasteiger partial charge is 0.455 e. The summed E-state index contributed by atoms with van der Waals surface area (Å²) >= 11 is 6.87. The third kappa shape index (κ3) is 4.70. The smallest absolute Gasteiger partial charge is 0.325 e. The number of nitrogens with two attached hydrogens (primary N) is 1. The molecule has 28 heavy (non-hydrogen) atoms. The molecule has 1 unspecified atom stereocenters. The van der Waals surface area contributed by atoms with Crippen LogP contribution in [0.4, 0.5) is 10.5 Å². The Hall–Kier alpha value is -2.41. The standard InChI is InChI=1S/C19H16Br2N4O3/c20-14-7-12(24-19(27)25-18(26)16(23)9-22)8-15(21)17(14)28-13-5-4-10-2-1-3-11(10)6-13/h4-8,16H,1-3,23H2,(H2,24,25,26,27). The number of fused-ring (bicyclic) bond motifs is 1. The first-order chi connectivity index (χ1) is 13.4. The lowest BCUT2D eigenvalue weighted by atomic mass is 10.1. The Kier molecular flexibility index (Phi) is 6.34. The van der Waals surface area contributed by atoms with Crippen LogP contribution in [0.25, 0.3) is 0 Å². The molecule has 0 bridgehead atoms. The summed E-state index contributed by atoms with van der Waals surface area (Å²) in [6, 6.07) is 8.70. The number of carbonyl (C=O) groups is 2. The lowest BCUT2D eigenvalue weighted by Crippen LogP contribution is -2.44. The van der Waals surface area contributed by atoms with Crippen LogP contribution >= 0.6 is 31.9 Å². The van der Waals surface area contributed by atoms with E-state index >= 15 is 0 Å². The van der Waals surface area contributed by atoms with Crippen LogP contribution in [-0.2, 0) is 17.6 Å². The summed E-state index contributed by atoms with van der Waals surface area (Å²) in [5.74, 6) is 0.415. The number of benzene rings is 2. The fraction of sp³-hybridized carbons (Fsp3) is 0.211. The molecule has 2 aromatic carbocycles. The zero-order chi connectivity index (χ0) is 20.3. The van der Waals surface area contributed by atoms with E-state index in [4.69, 9.17) is 15.7 Å². The number of nitrogens with one attached hydrogen (secondary N) is 2. The van der Waals surface area contributed by atoms with Gasteiger partial charge in [-0.1, -0.05) is 6.07 Å². The van der Waals surface area contributed by atoms with E-state index in [0.29, 0.717) is 20.4 Å². The van der Waals surface area contributed by atoms with Gasteiger partial charge in [0.1, 0.15) is 5.75 Å². The molecule has 0 radical (unpaired) electrons. The van der Waals surface area contributed by atoms with Gasteiger partial charge in [0.25, 0.3) is 5.91 Å². The highest BCUT2D eigenvalue weighted by molar-refractivity contribution is 9.11. The van der Waals surface area contributed by atoms with Gasteiger partial charge in [0.2, 0.25) is 0 Å². The summed E-state index contributed by atoms with van der Waals surface area (Å²) < 4.78 is 7.22. The van der Waals surface area contributed by atoms with Crippen molar-refractivity contribution in [1.29, 1.82) is 5.26 Å². The molecular weight excluding hydrogens is 492 g/mol. The average Bonchev–Trinajstić information content (AvgIpc) is 3.11. The molecule has 0 heterocycles. The second kappa shape index (κ2) is 8.73. The number of ether oxygens (including phenoxy) is 1.